The van der Waals surface area contributed by atoms with Gasteiger partial charge in [-0.25, -0.2) is 4.39 Å². The van der Waals surface area contributed by atoms with E-state index in [4.69, 9.17) is 5.73 Å². The van der Waals surface area contributed by atoms with E-state index in [-0.39, 0.29) is 5.82 Å². The Morgan fingerprint density at radius 2 is 1.81 bits per heavy atom. The van der Waals surface area contributed by atoms with Crippen molar-refractivity contribution in [2.24, 2.45) is 0 Å². The number of nitrogen functional groups attached to an aromatic ring is 1. The number of aryl methyl sites for hydroxylation is 2. The molecule has 3 aromatic rings. The largest absolute Gasteiger partial charge is 0.382 e. The smallest absolute Gasteiger partial charge is 0.153 e. The highest BCUT2D eigenvalue weighted by atomic mass is 19.1. The molecule has 3 nitrogen and oxygen atoms in total. The van der Waals surface area contributed by atoms with Crippen LogP contribution in [0.4, 0.5) is 10.2 Å². The predicted molar refractivity (Wildman–Crippen MR) is 83.3 cm³/mol. The van der Waals surface area contributed by atoms with Crippen molar-refractivity contribution in [3.63, 3.8) is 0 Å². The molecule has 0 spiro atoms. The van der Waals surface area contributed by atoms with Crippen molar-refractivity contribution in [1.82, 2.24) is 10.2 Å². The Balaban J connectivity index is 2.22. The highest BCUT2D eigenvalue weighted by Crippen LogP contribution is 2.36. The van der Waals surface area contributed by atoms with E-state index < -0.39 is 0 Å². The Morgan fingerprint density at radius 3 is 2.52 bits per heavy atom. The minimum Gasteiger partial charge on any atom is -0.382 e. The van der Waals surface area contributed by atoms with Crippen LogP contribution in [0.1, 0.15) is 11.1 Å². The van der Waals surface area contributed by atoms with Gasteiger partial charge < -0.3 is 5.73 Å². The highest BCUT2D eigenvalue weighted by molar-refractivity contribution is 5.88. The highest BCUT2D eigenvalue weighted by Gasteiger charge is 2.17. The lowest BCUT2D eigenvalue weighted by Gasteiger charge is -2.08. The third-order valence-corrected chi connectivity index (χ3v) is 3.73. The molecule has 4 heteroatoms. The van der Waals surface area contributed by atoms with Gasteiger partial charge in [0.25, 0.3) is 0 Å². The molecule has 0 aliphatic rings. The van der Waals surface area contributed by atoms with Gasteiger partial charge in [-0.15, -0.1) is 0 Å². The normalized spacial score (nSPS) is 10.8. The summed E-state index contributed by atoms with van der Waals surface area (Å²) >= 11 is 0. The Hall–Kier alpha value is -2.62. The molecule has 0 radical (unpaired) electrons. The van der Waals surface area contributed by atoms with Crippen LogP contribution in [0.2, 0.25) is 0 Å². The second kappa shape index (κ2) is 5.05. The van der Waals surface area contributed by atoms with Crippen molar-refractivity contribution < 1.29 is 4.39 Å². The number of hydrogen-bond donors (Lipinski definition) is 2. The first kappa shape index (κ1) is 13.4. The van der Waals surface area contributed by atoms with Crippen molar-refractivity contribution in [3.8, 4) is 22.4 Å². The van der Waals surface area contributed by atoms with Crippen LogP contribution in [-0.2, 0) is 0 Å². The first-order valence-corrected chi connectivity index (χ1v) is 6.74. The summed E-state index contributed by atoms with van der Waals surface area (Å²) in [4.78, 5) is 0. The van der Waals surface area contributed by atoms with Gasteiger partial charge in [0.1, 0.15) is 5.82 Å². The standard InChI is InChI=1S/C17H16FN3/c1-10-7-8-12(9-11(10)2)15-16(20-21-17(15)19)13-5-3-4-6-14(13)18/h3-9H,1-2H3,(H3,19,20,21). The summed E-state index contributed by atoms with van der Waals surface area (Å²) in [5.74, 6) is 0.0720. The lowest BCUT2D eigenvalue weighted by molar-refractivity contribution is 0.630. The third-order valence-electron chi connectivity index (χ3n) is 3.73. The molecule has 3 N–H and O–H groups in total. The summed E-state index contributed by atoms with van der Waals surface area (Å²) < 4.78 is 14.0. The van der Waals surface area contributed by atoms with Crippen molar-refractivity contribution >= 4 is 5.82 Å². The summed E-state index contributed by atoms with van der Waals surface area (Å²) in [5.41, 5.74) is 11.1. The van der Waals surface area contributed by atoms with Crippen LogP contribution in [0, 0.1) is 19.7 Å². The van der Waals surface area contributed by atoms with Crippen LogP contribution in [0.15, 0.2) is 42.5 Å². The van der Waals surface area contributed by atoms with Gasteiger partial charge in [-0.2, -0.15) is 5.10 Å². The summed E-state index contributed by atoms with van der Waals surface area (Å²) in [5, 5.41) is 6.90. The van der Waals surface area contributed by atoms with Crippen LogP contribution in [-0.4, -0.2) is 10.2 Å². The third kappa shape index (κ3) is 2.29. The van der Waals surface area contributed by atoms with Gasteiger partial charge in [0.05, 0.1) is 11.3 Å². The van der Waals surface area contributed by atoms with E-state index in [2.05, 4.69) is 17.1 Å². The second-order valence-corrected chi connectivity index (χ2v) is 5.14. The van der Waals surface area contributed by atoms with Crippen LogP contribution < -0.4 is 5.73 Å². The molecule has 0 unspecified atom stereocenters. The average Bonchev–Trinajstić information content (AvgIpc) is 2.84. The molecule has 2 aromatic carbocycles. The molecule has 0 atom stereocenters. The predicted octanol–water partition coefficient (Wildman–Crippen LogP) is 4.08. The first-order valence-electron chi connectivity index (χ1n) is 6.74. The molecule has 0 saturated heterocycles. The zero-order valence-corrected chi connectivity index (χ0v) is 11.9. The van der Waals surface area contributed by atoms with Gasteiger partial charge in [0.15, 0.2) is 5.82 Å². The number of anilines is 1. The van der Waals surface area contributed by atoms with E-state index in [9.17, 15) is 4.39 Å². The fraction of sp³-hybridized carbons (Fsp3) is 0.118. The summed E-state index contributed by atoms with van der Waals surface area (Å²) in [6.45, 7) is 4.09. The molecule has 0 amide bonds. The number of halogens is 1. The molecule has 0 saturated carbocycles. The van der Waals surface area contributed by atoms with Crippen molar-refractivity contribution in [2.75, 3.05) is 5.73 Å². The van der Waals surface area contributed by atoms with Crippen LogP contribution in [0.5, 0.6) is 0 Å². The van der Waals surface area contributed by atoms with Crippen molar-refractivity contribution in [3.05, 3.63) is 59.4 Å². The zero-order chi connectivity index (χ0) is 15.0. The van der Waals surface area contributed by atoms with E-state index in [1.54, 1.807) is 18.2 Å². The molecule has 1 heterocycles. The Labute approximate surface area is 122 Å². The second-order valence-electron chi connectivity index (χ2n) is 5.14. The number of rotatable bonds is 2. The fourth-order valence-electron chi connectivity index (χ4n) is 2.40. The number of aromatic nitrogens is 2. The van der Waals surface area contributed by atoms with Gasteiger partial charge in [0, 0.05) is 5.56 Å². The van der Waals surface area contributed by atoms with Gasteiger partial charge in [0.2, 0.25) is 0 Å². The maximum Gasteiger partial charge on any atom is 0.153 e. The fourth-order valence-corrected chi connectivity index (χ4v) is 2.40. The number of nitrogens with zero attached hydrogens (tertiary/aromatic N) is 1. The molecular weight excluding hydrogens is 265 g/mol. The average molecular weight is 281 g/mol. The molecule has 106 valence electrons. The van der Waals surface area contributed by atoms with E-state index in [0.717, 1.165) is 16.7 Å². The van der Waals surface area contributed by atoms with Crippen LogP contribution in [0.25, 0.3) is 22.4 Å². The van der Waals surface area contributed by atoms with Gasteiger partial charge >= 0.3 is 0 Å². The van der Waals surface area contributed by atoms with Gasteiger partial charge in [-0.1, -0.05) is 30.3 Å². The van der Waals surface area contributed by atoms with Crippen molar-refractivity contribution in [2.45, 2.75) is 13.8 Å². The zero-order valence-electron chi connectivity index (χ0n) is 11.9. The molecule has 0 aliphatic heterocycles. The SMILES string of the molecule is Cc1ccc(-c2c(N)n[nH]c2-c2ccccc2F)cc1C. The van der Waals surface area contributed by atoms with Crippen LogP contribution in [0.3, 0.4) is 0 Å². The summed E-state index contributed by atoms with van der Waals surface area (Å²) in [6.07, 6.45) is 0. The van der Waals surface area contributed by atoms with E-state index in [1.165, 1.54) is 11.6 Å². The number of aromatic amines is 1. The molecule has 1 aromatic heterocycles. The van der Waals surface area contributed by atoms with Crippen molar-refractivity contribution in [1.29, 1.82) is 0 Å². The van der Waals surface area contributed by atoms with E-state index in [1.807, 2.05) is 25.1 Å². The Bertz CT molecular complexity index is 806. The molecule has 3 rings (SSSR count). The Kier molecular flexibility index (Phi) is 3.22. The monoisotopic (exact) mass is 281 g/mol. The summed E-state index contributed by atoms with van der Waals surface area (Å²) in [7, 11) is 0. The van der Waals surface area contributed by atoms with Gasteiger partial charge in [-0.05, 0) is 42.7 Å². The minimum atomic E-state index is -0.300. The number of benzene rings is 2. The Morgan fingerprint density at radius 1 is 1.05 bits per heavy atom. The minimum absolute atomic E-state index is 0.300. The van der Waals surface area contributed by atoms with E-state index in [0.29, 0.717) is 17.1 Å². The topological polar surface area (TPSA) is 54.7 Å². The summed E-state index contributed by atoms with van der Waals surface area (Å²) in [6, 6.07) is 12.6. The molecule has 0 aliphatic carbocycles. The molecule has 0 bridgehead atoms. The first-order chi connectivity index (χ1) is 10.1. The van der Waals surface area contributed by atoms with E-state index >= 15 is 0 Å². The number of nitrogens with two attached hydrogens (primary N) is 1. The van der Waals surface area contributed by atoms with Crippen LogP contribution >= 0.6 is 0 Å². The lowest BCUT2D eigenvalue weighted by atomic mass is 9.97. The molecular formula is C17H16FN3. The molecule has 0 fully saturated rings. The maximum absolute atomic E-state index is 14.0. The maximum atomic E-state index is 14.0. The van der Waals surface area contributed by atoms with Gasteiger partial charge in [-0.3, -0.25) is 5.10 Å². The number of nitrogens with one attached hydrogen (secondary N) is 1. The lowest BCUT2D eigenvalue weighted by Crippen LogP contribution is -1.91. The number of hydrogen-bond acceptors (Lipinski definition) is 2. The quantitative estimate of drug-likeness (QED) is 0.743. The number of H-pyrrole nitrogens is 1. The molecule has 21 heavy (non-hydrogen) atoms.